The summed E-state index contributed by atoms with van der Waals surface area (Å²) in [6.45, 7) is 7.78. The van der Waals surface area contributed by atoms with Crippen LogP contribution in [0.4, 0.5) is 0 Å². The number of carbonyl (C=O) groups is 1. The molecule has 21 heavy (non-hydrogen) atoms. The van der Waals surface area contributed by atoms with Crippen LogP contribution in [0.2, 0.25) is 0 Å². The molecule has 0 saturated carbocycles. The summed E-state index contributed by atoms with van der Waals surface area (Å²) in [7, 11) is 0. The van der Waals surface area contributed by atoms with E-state index in [0.717, 1.165) is 27.8 Å². The molecule has 2 aromatic carbocycles. The number of phenols is 1. The lowest BCUT2D eigenvalue weighted by Crippen LogP contribution is -1.96. The molecule has 0 fully saturated rings. The standard InChI is InChI=1S/C19H20O2/c1-12-7-13(2)9-17(8-12)18(20)6-5-16-10-14(3)15(4)19(21)11-16/h5-11,21H,1-4H3/b6-5+. The van der Waals surface area contributed by atoms with Gasteiger partial charge in [0.05, 0.1) is 0 Å². The zero-order valence-electron chi connectivity index (χ0n) is 12.9. The second kappa shape index (κ2) is 5.96. The van der Waals surface area contributed by atoms with Crippen LogP contribution in [-0.2, 0) is 0 Å². The molecule has 0 spiro atoms. The Kier molecular flexibility index (Phi) is 4.27. The highest BCUT2D eigenvalue weighted by Crippen LogP contribution is 2.23. The molecule has 2 nitrogen and oxygen atoms in total. The maximum atomic E-state index is 12.2. The Labute approximate surface area is 125 Å². The fraction of sp³-hybridized carbons (Fsp3) is 0.211. The van der Waals surface area contributed by atoms with Crippen molar-refractivity contribution in [3.63, 3.8) is 0 Å². The van der Waals surface area contributed by atoms with Crippen molar-refractivity contribution in [2.24, 2.45) is 0 Å². The number of phenolic OH excluding ortho intramolecular Hbond substituents is 1. The predicted molar refractivity (Wildman–Crippen MR) is 86.9 cm³/mol. The van der Waals surface area contributed by atoms with Crippen LogP contribution in [0.5, 0.6) is 5.75 Å². The Morgan fingerprint density at radius 1 is 0.952 bits per heavy atom. The van der Waals surface area contributed by atoms with Gasteiger partial charge >= 0.3 is 0 Å². The lowest BCUT2D eigenvalue weighted by atomic mass is 10.0. The Bertz CT molecular complexity index is 681. The molecule has 0 unspecified atom stereocenters. The number of carbonyl (C=O) groups excluding carboxylic acids is 1. The molecule has 2 rings (SSSR count). The van der Waals surface area contributed by atoms with E-state index in [1.165, 1.54) is 0 Å². The summed E-state index contributed by atoms with van der Waals surface area (Å²) < 4.78 is 0. The first-order chi connectivity index (χ1) is 9.86. The summed E-state index contributed by atoms with van der Waals surface area (Å²) in [5.41, 5.74) is 5.55. The average molecular weight is 280 g/mol. The van der Waals surface area contributed by atoms with Gasteiger partial charge in [-0.25, -0.2) is 0 Å². The number of benzene rings is 2. The number of hydrogen-bond acceptors (Lipinski definition) is 2. The van der Waals surface area contributed by atoms with Gasteiger partial charge in [-0.2, -0.15) is 0 Å². The lowest BCUT2D eigenvalue weighted by molar-refractivity contribution is 0.104. The molecule has 0 radical (unpaired) electrons. The number of allylic oxidation sites excluding steroid dienone is 1. The first kappa shape index (κ1) is 15.0. The highest BCUT2D eigenvalue weighted by Gasteiger charge is 2.05. The van der Waals surface area contributed by atoms with E-state index in [0.29, 0.717) is 5.56 Å². The molecule has 0 aromatic heterocycles. The number of aryl methyl sites for hydroxylation is 3. The summed E-state index contributed by atoms with van der Waals surface area (Å²) in [6.07, 6.45) is 3.30. The third kappa shape index (κ3) is 3.60. The second-order valence-corrected chi connectivity index (χ2v) is 5.56. The molecule has 1 N–H and O–H groups in total. The molecule has 0 aliphatic carbocycles. The number of rotatable bonds is 3. The minimum Gasteiger partial charge on any atom is -0.508 e. The summed E-state index contributed by atoms with van der Waals surface area (Å²) in [5, 5.41) is 9.82. The largest absolute Gasteiger partial charge is 0.508 e. The molecular weight excluding hydrogens is 260 g/mol. The molecule has 108 valence electrons. The monoisotopic (exact) mass is 280 g/mol. The van der Waals surface area contributed by atoms with Gasteiger partial charge in [0.25, 0.3) is 0 Å². The number of ketones is 1. The Hall–Kier alpha value is -2.35. The van der Waals surface area contributed by atoms with Crippen molar-refractivity contribution < 1.29 is 9.90 Å². The van der Waals surface area contributed by atoms with Crippen LogP contribution in [0, 0.1) is 27.7 Å². The summed E-state index contributed by atoms with van der Waals surface area (Å²) in [5.74, 6) is 0.230. The van der Waals surface area contributed by atoms with E-state index in [1.807, 2.05) is 52.0 Å². The van der Waals surface area contributed by atoms with Crippen LogP contribution < -0.4 is 0 Å². The van der Waals surface area contributed by atoms with E-state index in [-0.39, 0.29) is 11.5 Å². The van der Waals surface area contributed by atoms with E-state index >= 15 is 0 Å². The maximum absolute atomic E-state index is 12.2. The smallest absolute Gasteiger partial charge is 0.185 e. The van der Waals surface area contributed by atoms with Gasteiger partial charge in [0, 0.05) is 5.56 Å². The van der Waals surface area contributed by atoms with Gasteiger partial charge in [0.15, 0.2) is 5.78 Å². The van der Waals surface area contributed by atoms with E-state index in [2.05, 4.69) is 0 Å². The third-order valence-corrected chi connectivity index (χ3v) is 3.60. The lowest BCUT2D eigenvalue weighted by Gasteiger charge is -2.05. The molecule has 0 aliphatic heterocycles. The molecule has 0 saturated heterocycles. The summed E-state index contributed by atoms with van der Waals surface area (Å²) in [6, 6.07) is 9.45. The average Bonchev–Trinajstić information content (AvgIpc) is 2.40. The molecule has 0 bridgehead atoms. The molecule has 0 aliphatic rings. The van der Waals surface area contributed by atoms with E-state index in [1.54, 1.807) is 18.2 Å². The van der Waals surface area contributed by atoms with E-state index in [9.17, 15) is 9.90 Å². The minimum absolute atomic E-state index is 0.0282. The summed E-state index contributed by atoms with van der Waals surface area (Å²) >= 11 is 0. The number of aromatic hydroxyl groups is 1. The Balaban J connectivity index is 2.26. The number of hydrogen-bond donors (Lipinski definition) is 1. The molecule has 2 aromatic rings. The van der Waals surface area contributed by atoms with Crippen molar-refractivity contribution in [1.82, 2.24) is 0 Å². The highest BCUT2D eigenvalue weighted by molar-refractivity contribution is 6.07. The first-order valence-electron chi connectivity index (χ1n) is 6.98. The van der Waals surface area contributed by atoms with Crippen LogP contribution >= 0.6 is 0 Å². The van der Waals surface area contributed by atoms with Gasteiger partial charge in [-0.3, -0.25) is 4.79 Å². The van der Waals surface area contributed by atoms with Crippen LogP contribution in [0.25, 0.3) is 6.08 Å². The van der Waals surface area contributed by atoms with Gasteiger partial charge in [0.1, 0.15) is 5.75 Å². The highest BCUT2D eigenvalue weighted by atomic mass is 16.3. The molecule has 0 heterocycles. The quantitative estimate of drug-likeness (QED) is 0.663. The molecule has 0 atom stereocenters. The summed E-state index contributed by atoms with van der Waals surface area (Å²) in [4.78, 5) is 12.2. The Morgan fingerprint density at radius 3 is 2.14 bits per heavy atom. The van der Waals surface area contributed by atoms with Gasteiger partial charge in [-0.15, -0.1) is 0 Å². The SMILES string of the molecule is Cc1cc(C)cc(C(=O)/C=C/c2cc(C)c(C)c(O)c2)c1. The van der Waals surface area contributed by atoms with Crippen molar-refractivity contribution in [3.05, 3.63) is 69.8 Å². The third-order valence-electron chi connectivity index (χ3n) is 3.60. The van der Waals surface area contributed by atoms with Crippen molar-refractivity contribution in [3.8, 4) is 5.75 Å². The molecule has 2 heteroatoms. The van der Waals surface area contributed by atoms with Crippen molar-refractivity contribution in [2.45, 2.75) is 27.7 Å². The van der Waals surface area contributed by atoms with Gasteiger partial charge in [0.2, 0.25) is 0 Å². The van der Waals surface area contributed by atoms with E-state index in [4.69, 9.17) is 0 Å². The van der Waals surface area contributed by atoms with Crippen molar-refractivity contribution in [2.75, 3.05) is 0 Å². The maximum Gasteiger partial charge on any atom is 0.185 e. The Morgan fingerprint density at radius 2 is 1.57 bits per heavy atom. The van der Waals surface area contributed by atoms with Gasteiger partial charge < -0.3 is 5.11 Å². The van der Waals surface area contributed by atoms with E-state index < -0.39 is 0 Å². The van der Waals surface area contributed by atoms with Crippen LogP contribution in [0.15, 0.2) is 36.4 Å². The minimum atomic E-state index is -0.0282. The molecular formula is C19H20O2. The topological polar surface area (TPSA) is 37.3 Å². The first-order valence-corrected chi connectivity index (χ1v) is 6.98. The van der Waals surface area contributed by atoms with Crippen LogP contribution in [0.1, 0.15) is 38.2 Å². The van der Waals surface area contributed by atoms with Crippen LogP contribution in [-0.4, -0.2) is 10.9 Å². The van der Waals surface area contributed by atoms with Crippen molar-refractivity contribution in [1.29, 1.82) is 0 Å². The zero-order valence-corrected chi connectivity index (χ0v) is 12.9. The van der Waals surface area contributed by atoms with Gasteiger partial charge in [-0.05, 0) is 68.7 Å². The zero-order chi connectivity index (χ0) is 15.6. The molecule has 0 amide bonds. The second-order valence-electron chi connectivity index (χ2n) is 5.56. The van der Waals surface area contributed by atoms with Crippen molar-refractivity contribution >= 4 is 11.9 Å². The normalized spacial score (nSPS) is 11.0. The van der Waals surface area contributed by atoms with Gasteiger partial charge in [-0.1, -0.05) is 29.3 Å². The predicted octanol–water partition coefficient (Wildman–Crippen LogP) is 4.52. The fourth-order valence-corrected chi connectivity index (χ4v) is 2.35. The van der Waals surface area contributed by atoms with Crippen LogP contribution in [0.3, 0.4) is 0 Å². The fourth-order valence-electron chi connectivity index (χ4n) is 2.35.